The van der Waals surface area contributed by atoms with Gasteiger partial charge in [-0.15, -0.1) is 0 Å². The molecule has 0 heterocycles. The van der Waals surface area contributed by atoms with Crippen LogP contribution in [0.5, 0.6) is 0 Å². The van der Waals surface area contributed by atoms with E-state index < -0.39 is 10.8 Å². The molecule has 0 aromatic heterocycles. The Kier molecular flexibility index (Phi) is 4.77. The van der Waals surface area contributed by atoms with Gasteiger partial charge < -0.3 is 5.32 Å². The number of benzene rings is 2. The number of nitro groups is 1. The summed E-state index contributed by atoms with van der Waals surface area (Å²) in [5, 5.41) is 14.0. The highest BCUT2D eigenvalue weighted by molar-refractivity contribution is 6.32. The van der Waals surface area contributed by atoms with E-state index in [1.54, 1.807) is 18.2 Å². The van der Waals surface area contributed by atoms with E-state index in [-0.39, 0.29) is 22.8 Å². The molecule has 5 nitrogen and oxygen atoms in total. The number of nitrogens with one attached hydrogen (secondary N) is 1. The first-order chi connectivity index (χ1) is 9.97. The van der Waals surface area contributed by atoms with Crippen molar-refractivity contribution >= 4 is 34.8 Å². The maximum absolute atomic E-state index is 12.0. The molecule has 108 valence electrons. The van der Waals surface area contributed by atoms with Crippen LogP contribution in [-0.4, -0.2) is 10.8 Å². The molecule has 2 aromatic carbocycles. The SMILES string of the molecule is O=C(NCc1cccc(Cl)c1)c1ccc(Cl)c([N+](=O)[O-])c1. The average Bonchev–Trinajstić information content (AvgIpc) is 2.45. The number of carbonyl (C=O) groups is 1. The molecular weight excluding hydrogens is 315 g/mol. The van der Waals surface area contributed by atoms with Crippen LogP contribution in [0.2, 0.25) is 10.0 Å². The van der Waals surface area contributed by atoms with Crippen LogP contribution in [0.4, 0.5) is 5.69 Å². The predicted molar refractivity (Wildman–Crippen MR) is 80.7 cm³/mol. The molecule has 0 fully saturated rings. The molecule has 7 heteroatoms. The van der Waals surface area contributed by atoms with Crippen LogP contribution in [0.15, 0.2) is 42.5 Å². The number of nitrogens with zero attached hydrogens (tertiary/aromatic N) is 1. The van der Waals surface area contributed by atoms with Crippen molar-refractivity contribution in [3.63, 3.8) is 0 Å². The Labute approximate surface area is 130 Å². The highest BCUT2D eigenvalue weighted by atomic mass is 35.5. The predicted octanol–water partition coefficient (Wildman–Crippen LogP) is 3.83. The molecule has 2 rings (SSSR count). The van der Waals surface area contributed by atoms with Crippen molar-refractivity contribution in [2.45, 2.75) is 6.54 Å². The fourth-order valence-corrected chi connectivity index (χ4v) is 2.12. The summed E-state index contributed by atoms with van der Waals surface area (Å²) < 4.78 is 0. The summed E-state index contributed by atoms with van der Waals surface area (Å²) in [4.78, 5) is 22.1. The Morgan fingerprint density at radius 3 is 2.62 bits per heavy atom. The van der Waals surface area contributed by atoms with Gasteiger partial charge in [-0.1, -0.05) is 35.3 Å². The van der Waals surface area contributed by atoms with Crippen LogP contribution >= 0.6 is 23.2 Å². The Bertz CT molecular complexity index is 704. The van der Waals surface area contributed by atoms with Crippen molar-refractivity contribution in [2.75, 3.05) is 0 Å². The zero-order valence-corrected chi connectivity index (χ0v) is 12.2. The van der Waals surface area contributed by atoms with Gasteiger partial charge in [0.1, 0.15) is 5.02 Å². The summed E-state index contributed by atoms with van der Waals surface area (Å²) in [6, 6.07) is 11.0. The molecule has 2 aromatic rings. The Hall–Kier alpha value is -2.11. The number of carbonyl (C=O) groups excluding carboxylic acids is 1. The van der Waals surface area contributed by atoms with Crippen molar-refractivity contribution in [1.29, 1.82) is 0 Å². The lowest BCUT2D eigenvalue weighted by atomic mass is 10.1. The minimum absolute atomic E-state index is 0.00797. The lowest BCUT2D eigenvalue weighted by molar-refractivity contribution is -0.384. The Morgan fingerprint density at radius 2 is 1.95 bits per heavy atom. The van der Waals surface area contributed by atoms with Crippen LogP contribution in [0.1, 0.15) is 15.9 Å². The smallest absolute Gasteiger partial charge is 0.288 e. The summed E-state index contributed by atoms with van der Waals surface area (Å²) in [6.07, 6.45) is 0. The van der Waals surface area contributed by atoms with Crippen LogP contribution < -0.4 is 5.32 Å². The zero-order valence-electron chi connectivity index (χ0n) is 10.7. The molecule has 1 N–H and O–H groups in total. The van der Waals surface area contributed by atoms with Crippen molar-refractivity contribution in [2.24, 2.45) is 0 Å². The molecule has 0 saturated heterocycles. The number of hydrogen-bond donors (Lipinski definition) is 1. The van der Waals surface area contributed by atoms with Crippen LogP contribution in [0.25, 0.3) is 0 Å². The number of nitro benzene ring substituents is 1. The van der Waals surface area contributed by atoms with E-state index in [1.165, 1.54) is 12.1 Å². The highest BCUT2D eigenvalue weighted by Crippen LogP contribution is 2.25. The third kappa shape index (κ3) is 3.93. The minimum atomic E-state index is -0.629. The van der Waals surface area contributed by atoms with Crippen molar-refractivity contribution < 1.29 is 9.72 Å². The van der Waals surface area contributed by atoms with Gasteiger partial charge in [-0.3, -0.25) is 14.9 Å². The van der Waals surface area contributed by atoms with Gasteiger partial charge in [-0.25, -0.2) is 0 Å². The van der Waals surface area contributed by atoms with Gasteiger partial charge in [0.05, 0.1) is 4.92 Å². The first-order valence-corrected chi connectivity index (χ1v) is 6.69. The standard InChI is InChI=1S/C14H10Cl2N2O3/c15-11-3-1-2-9(6-11)8-17-14(19)10-4-5-12(16)13(7-10)18(20)21/h1-7H,8H2,(H,17,19). The van der Waals surface area contributed by atoms with Crippen molar-refractivity contribution in [3.8, 4) is 0 Å². The summed E-state index contributed by atoms with van der Waals surface area (Å²) in [5.74, 6) is -0.422. The normalized spacial score (nSPS) is 10.2. The largest absolute Gasteiger partial charge is 0.348 e. The third-order valence-electron chi connectivity index (χ3n) is 2.75. The molecule has 0 radical (unpaired) electrons. The van der Waals surface area contributed by atoms with Gasteiger partial charge in [0, 0.05) is 23.2 Å². The molecule has 0 aliphatic heterocycles. The average molecular weight is 325 g/mol. The van der Waals surface area contributed by atoms with E-state index in [9.17, 15) is 14.9 Å². The third-order valence-corrected chi connectivity index (χ3v) is 3.30. The summed E-state index contributed by atoms with van der Waals surface area (Å²) in [7, 11) is 0. The maximum Gasteiger partial charge on any atom is 0.288 e. The number of rotatable bonds is 4. The molecule has 0 spiro atoms. The van der Waals surface area contributed by atoms with E-state index >= 15 is 0 Å². The Balaban J connectivity index is 2.10. The minimum Gasteiger partial charge on any atom is -0.348 e. The first-order valence-electron chi connectivity index (χ1n) is 5.94. The van der Waals surface area contributed by atoms with Gasteiger partial charge >= 0.3 is 0 Å². The molecule has 0 aliphatic carbocycles. The summed E-state index contributed by atoms with van der Waals surface area (Å²) in [5.41, 5.74) is 0.708. The zero-order chi connectivity index (χ0) is 15.4. The molecule has 0 bridgehead atoms. The molecule has 1 amide bonds. The first kappa shape index (κ1) is 15.3. The lowest BCUT2D eigenvalue weighted by Crippen LogP contribution is -2.22. The monoisotopic (exact) mass is 324 g/mol. The Morgan fingerprint density at radius 1 is 1.19 bits per heavy atom. The molecular formula is C14H10Cl2N2O3. The quantitative estimate of drug-likeness (QED) is 0.686. The van der Waals surface area contributed by atoms with E-state index in [2.05, 4.69) is 5.32 Å². The molecule has 0 unspecified atom stereocenters. The van der Waals surface area contributed by atoms with Crippen LogP contribution in [0, 0.1) is 10.1 Å². The lowest BCUT2D eigenvalue weighted by Gasteiger charge is -2.06. The van der Waals surface area contributed by atoms with E-state index in [0.717, 1.165) is 11.6 Å². The second kappa shape index (κ2) is 6.56. The van der Waals surface area contributed by atoms with Crippen LogP contribution in [-0.2, 0) is 6.54 Å². The second-order valence-corrected chi connectivity index (χ2v) is 5.08. The van der Waals surface area contributed by atoms with Gasteiger partial charge in [0.25, 0.3) is 11.6 Å². The molecule has 0 aliphatic rings. The van der Waals surface area contributed by atoms with Crippen LogP contribution in [0.3, 0.4) is 0 Å². The van der Waals surface area contributed by atoms with Gasteiger partial charge in [0.15, 0.2) is 0 Å². The van der Waals surface area contributed by atoms with Gasteiger partial charge in [-0.2, -0.15) is 0 Å². The van der Waals surface area contributed by atoms with Gasteiger partial charge in [-0.05, 0) is 29.8 Å². The molecule has 0 atom stereocenters. The summed E-state index contributed by atoms with van der Waals surface area (Å²) in [6.45, 7) is 0.274. The van der Waals surface area contributed by atoms with E-state index in [0.29, 0.717) is 5.02 Å². The maximum atomic E-state index is 12.0. The fraction of sp³-hybridized carbons (Fsp3) is 0.0714. The van der Waals surface area contributed by atoms with Gasteiger partial charge in [0.2, 0.25) is 0 Å². The number of amides is 1. The number of halogens is 2. The van der Waals surface area contributed by atoms with Crippen molar-refractivity contribution in [1.82, 2.24) is 5.32 Å². The van der Waals surface area contributed by atoms with E-state index in [1.807, 2.05) is 6.07 Å². The fourth-order valence-electron chi connectivity index (χ4n) is 1.73. The topological polar surface area (TPSA) is 72.2 Å². The second-order valence-electron chi connectivity index (χ2n) is 4.24. The summed E-state index contributed by atoms with van der Waals surface area (Å²) >= 11 is 11.5. The molecule has 21 heavy (non-hydrogen) atoms. The highest BCUT2D eigenvalue weighted by Gasteiger charge is 2.16. The van der Waals surface area contributed by atoms with E-state index in [4.69, 9.17) is 23.2 Å². The molecule has 0 saturated carbocycles. The van der Waals surface area contributed by atoms with Crippen molar-refractivity contribution in [3.05, 3.63) is 73.8 Å². The number of hydrogen-bond acceptors (Lipinski definition) is 3.